The molecule has 4 heterocycles. The molecule has 0 bridgehead atoms. The van der Waals surface area contributed by atoms with Crippen LogP contribution in [0, 0.1) is 0 Å². The molecule has 4 aromatic heterocycles. The van der Waals surface area contributed by atoms with Crippen molar-refractivity contribution in [3.8, 4) is 123 Å². The Morgan fingerprint density at radius 1 is 0.138 bits per heavy atom. The van der Waals surface area contributed by atoms with Gasteiger partial charge in [0, 0.05) is 99.5 Å². The molecular weight excluding hydrogens is 1670 g/mol. The molecule has 22 aromatic carbocycles. The Hall–Kier alpha value is -18.4. The van der Waals surface area contributed by atoms with E-state index in [1.54, 1.807) is 0 Å². The van der Waals surface area contributed by atoms with Gasteiger partial charge in [-0.1, -0.05) is 413 Å². The second-order valence-corrected chi connectivity index (χ2v) is 35.3. The van der Waals surface area contributed by atoms with E-state index in [1.165, 1.54) is 110 Å². The predicted molar refractivity (Wildman–Crippen MR) is 580 cm³/mol. The van der Waals surface area contributed by atoms with Crippen molar-refractivity contribution < 1.29 is 8.83 Å². The highest BCUT2D eigenvalue weighted by Crippen LogP contribution is 2.48. The van der Waals surface area contributed by atoms with Crippen molar-refractivity contribution in [1.82, 2.24) is 9.13 Å². The molecule has 0 amide bonds. The zero-order valence-electron chi connectivity index (χ0n) is 75.4. The minimum atomic E-state index is 0.893. The largest absolute Gasteiger partial charge is 0.455 e. The van der Waals surface area contributed by atoms with E-state index in [-0.39, 0.29) is 0 Å². The first-order chi connectivity index (χ1) is 68.5. The van der Waals surface area contributed by atoms with Gasteiger partial charge in [0.25, 0.3) is 0 Å². The second-order valence-electron chi connectivity index (χ2n) is 35.3. The zero-order valence-corrected chi connectivity index (χ0v) is 75.4. The van der Waals surface area contributed by atoms with Gasteiger partial charge in [0.15, 0.2) is 0 Å². The Balaban J connectivity index is 0.000000146. The average Bonchev–Trinajstić information content (AvgIpc) is 1.59. The lowest BCUT2D eigenvalue weighted by Crippen LogP contribution is -2.10. The SMILES string of the molecule is c1ccc(-c2ccccc2-c2ccc(N(c3ccc(-c4ccc(-c5ccccc5-n5c6ccccc6c6ccccc65)cc4)cc3)c3cccc(-c4cccc5c4oc4ccccc45)c3)cc2)cc1.c1ccc(-c2ccccc2-c2cccc(N(c3ccc(-c4ccc(-c5ccccc5-n5c6ccccc6c6ccccc65)cc4)cc3)c3cccc(-c4cccc5c4oc4ccccc45)c3)c2)cc1. The molecule has 26 aromatic rings. The number of rotatable bonds is 18. The fraction of sp³-hybridized carbons (Fsp3) is 0. The molecule has 0 atom stereocenters. The van der Waals surface area contributed by atoms with E-state index in [4.69, 9.17) is 8.83 Å². The molecule has 6 heteroatoms. The van der Waals surface area contributed by atoms with Gasteiger partial charge in [-0.05, 0) is 210 Å². The molecule has 6 nitrogen and oxygen atoms in total. The van der Waals surface area contributed by atoms with E-state index in [2.05, 4.69) is 529 Å². The molecule has 0 fully saturated rings. The molecular formula is C132H88N4O2. The Morgan fingerprint density at radius 3 is 0.725 bits per heavy atom. The molecule has 0 unspecified atom stereocenters. The van der Waals surface area contributed by atoms with Crippen LogP contribution in [0.25, 0.3) is 210 Å². The summed E-state index contributed by atoms with van der Waals surface area (Å²) in [6, 6.07) is 192. The Labute approximate surface area is 800 Å². The molecule has 648 valence electrons. The van der Waals surface area contributed by atoms with Crippen molar-refractivity contribution in [2.75, 3.05) is 9.80 Å². The van der Waals surface area contributed by atoms with Crippen LogP contribution in [0.1, 0.15) is 0 Å². The number of hydrogen-bond acceptors (Lipinski definition) is 4. The van der Waals surface area contributed by atoms with Crippen LogP contribution in [0.15, 0.2) is 543 Å². The molecule has 0 aliphatic heterocycles. The highest BCUT2D eigenvalue weighted by Gasteiger charge is 2.25. The fourth-order valence-electron chi connectivity index (χ4n) is 20.8. The normalized spacial score (nSPS) is 11.5. The van der Waals surface area contributed by atoms with E-state index in [0.717, 1.165) is 134 Å². The molecule has 0 saturated carbocycles. The van der Waals surface area contributed by atoms with Gasteiger partial charge in [-0.3, -0.25) is 0 Å². The first-order valence-electron chi connectivity index (χ1n) is 47.2. The van der Waals surface area contributed by atoms with Crippen molar-refractivity contribution in [2.24, 2.45) is 0 Å². The van der Waals surface area contributed by atoms with E-state index < -0.39 is 0 Å². The van der Waals surface area contributed by atoms with Crippen LogP contribution in [-0.4, -0.2) is 9.13 Å². The Morgan fingerprint density at radius 2 is 0.362 bits per heavy atom. The number of furan rings is 2. The lowest BCUT2D eigenvalue weighted by atomic mass is 9.94. The third-order valence-corrected chi connectivity index (χ3v) is 27.3. The van der Waals surface area contributed by atoms with Gasteiger partial charge < -0.3 is 27.8 Å². The molecule has 26 rings (SSSR count). The van der Waals surface area contributed by atoms with Gasteiger partial charge in [0.05, 0.1) is 33.4 Å². The van der Waals surface area contributed by atoms with E-state index in [0.29, 0.717) is 0 Å². The van der Waals surface area contributed by atoms with Crippen molar-refractivity contribution in [3.63, 3.8) is 0 Å². The van der Waals surface area contributed by atoms with Crippen LogP contribution in [0.3, 0.4) is 0 Å². The van der Waals surface area contributed by atoms with Crippen LogP contribution in [0.4, 0.5) is 34.1 Å². The van der Waals surface area contributed by atoms with E-state index in [9.17, 15) is 0 Å². The van der Waals surface area contributed by atoms with Crippen LogP contribution in [0.2, 0.25) is 0 Å². The van der Waals surface area contributed by atoms with Crippen molar-refractivity contribution in [1.29, 1.82) is 0 Å². The summed E-state index contributed by atoms with van der Waals surface area (Å²) in [7, 11) is 0. The van der Waals surface area contributed by atoms with Crippen molar-refractivity contribution in [3.05, 3.63) is 534 Å². The van der Waals surface area contributed by atoms with E-state index in [1.807, 2.05) is 24.3 Å². The quantitative estimate of drug-likeness (QED) is 0.0859. The second kappa shape index (κ2) is 35.3. The van der Waals surface area contributed by atoms with Gasteiger partial charge in [-0.15, -0.1) is 0 Å². The molecule has 138 heavy (non-hydrogen) atoms. The monoisotopic (exact) mass is 1760 g/mol. The third kappa shape index (κ3) is 14.9. The maximum absolute atomic E-state index is 6.55. The first kappa shape index (κ1) is 81.6. The molecule has 0 aliphatic carbocycles. The average molecular weight is 1760 g/mol. The number of hydrogen-bond donors (Lipinski definition) is 0. The summed E-state index contributed by atoms with van der Waals surface area (Å²) in [5.74, 6) is 0. The smallest absolute Gasteiger partial charge is 0.143 e. The standard InChI is InChI=1S/2C66H44N2O/c1-2-17-47(18-3-1)54-23-4-5-24-55(54)49-19-14-21-52(43-49)67(53-22-15-20-50(44-53)57-29-16-30-61-60-28-9-13-34-65(60)69-66(57)61)51-41-39-46(40-42-51)45-35-37-48(38-36-45)56-25-6-10-31-62(56)68-63-32-11-7-26-58(63)59-27-8-12-33-64(59)68;1-2-16-47(17-3-1)54-20-4-5-21-55(54)48-38-42-52(43-39-48)67(53-19-14-18-50(44-53)57-26-15-27-61-60-25-9-13-31-65(60)69-66(57)61)51-40-36-46(37-41-51)45-32-34-49(35-33-45)56-22-6-10-28-62(56)68-63-29-11-7-23-58(63)59-24-8-12-30-64(59)68/h2*1-44H. The Bertz CT molecular complexity index is 8950. The van der Waals surface area contributed by atoms with Gasteiger partial charge in [0.1, 0.15) is 22.3 Å². The number of fused-ring (bicyclic) bond motifs is 12. The number of benzene rings is 22. The van der Waals surface area contributed by atoms with Crippen LogP contribution >= 0.6 is 0 Å². The summed E-state index contributed by atoms with van der Waals surface area (Å²) in [6.45, 7) is 0. The van der Waals surface area contributed by atoms with Crippen LogP contribution < -0.4 is 9.80 Å². The summed E-state index contributed by atoms with van der Waals surface area (Å²) in [5, 5.41) is 9.52. The van der Waals surface area contributed by atoms with Gasteiger partial charge in [0.2, 0.25) is 0 Å². The van der Waals surface area contributed by atoms with E-state index >= 15 is 0 Å². The minimum Gasteiger partial charge on any atom is -0.455 e. The number of nitrogens with zero attached hydrogens (tertiary/aromatic N) is 4. The molecule has 0 saturated heterocycles. The number of para-hydroxylation sites is 10. The summed E-state index contributed by atoms with van der Waals surface area (Å²) >= 11 is 0. The first-order valence-corrected chi connectivity index (χ1v) is 47.2. The maximum atomic E-state index is 6.55. The van der Waals surface area contributed by atoms with Crippen molar-refractivity contribution in [2.45, 2.75) is 0 Å². The molecule has 0 spiro atoms. The van der Waals surface area contributed by atoms with Crippen molar-refractivity contribution >= 4 is 122 Å². The lowest BCUT2D eigenvalue weighted by Gasteiger charge is -2.27. The summed E-state index contributed by atoms with van der Waals surface area (Å²) in [6.07, 6.45) is 0. The molecule has 0 radical (unpaired) electrons. The van der Waals surface area contributed by atoms with Gasteiger partial charge >= 0.3 is 0 Å². The Kier molecular flexibility index (Phi) is 20.9. The van der Waals surface area contributed by atoms with Crippen LogP contribution in [-0.2, 0) is 0 Å². The van der Waals surface area contributed by atoms with Crippen LogP contribution in [0.5, 0.6) is 0 Å². The fourth-order valence-corrected chi connectivity index (χ4v) is 20.8. The molecule has 0 aliphatic rings. The van der Waals surface area contributed by atoms with Gasteiger partial charge in [-0.2, -0.15) is 0 Å². The number of anilines is 6. The highest BCUT2D eigenvalue weighted by molar-refractivity contribution is 6.14. The molecule has 0 N–H and O–H groups in total. The predicted octanol–water partition coefficient (Wildman–Crippen LogP) is 37.0. The summed E-state index contributed by atoms with van der Waals surface area (Å²) in [5.41, 5.74) is 40.2. The van der Waals surface area contributed by atoms with Gasteiger partial charge in [-0.25, -0.2) is 0 Å². The maximum Gasteiger partial charge on any atom is 0.143 e. The summed E-state index contributed by atoms with van der Waals surface area (Å²) < 4.78 is 17.9. The minimum absolute atomic E-state index is 0.893. The number of aromatic nitrogens is 2. The summed E-state index contributed by atoms with van der Waals surface area (Å²) in [4.78, 5) is 4.73. The third-order valence-electron chi connectivity index (χ3n) is 27.3. The highest BCUT2D eigenvalue weighted by atomic mass is 16.3. The lowest BCUT2D eigenvalue weighted by molar-refractivity contribution is 0.669. The zero-order chi connectivity index (χ0) is 91.4. The topological polar surface area (TPSA) is 42.6 Å².